The van der Waals surface area contributed by atoms with Crippen LogP contribution in [0.25, 0.3) is 0 Å². The van der Waals surface area contributed by atoms with Crippen LogP contribution in [0, 0.1) is 17.2 Å². The molecule has 2 aromatic carbocycles. The zero-order valence-corrected chi connectivity index (χ0v) is 25.8. The summed E-state index contributed by atoms with van der Waals surface area (Å²) in [6.07, 6.45) is 3.25. The Morgan fingerprint density at radius 3 is 2.61 bits per heavy atom. The predicted molar refractivity (Wildman–Crippen MR) is 161 cm³/mol. The summed E-state index contributed by atoms with van der Waals surface area (Å²) in [5.41, 5.74) is -0.123. The van der Waals surface area contributed by atoms with Crippen molar-refractivity contribution >= 4 is 35.3 Å². The standard InChI is InChI=1S/C32H39ClFN3O7/c1-3-43-31(41)32(17-21-6-7-21)18-22-8-11-26(42-2)27(15-22)44-19-29(39)35-12-14-37(13-4-5-28(38)36-20-32)30(40)24-10-9-23(34)16-25(24)33/h8-11,15-16,21H,3-7,12-14,17-20H2,1-2H3,(H,35,39)(H,36,38). The van der Waals surface area contributed by atoms with Crippen LogP contribution in [-0.4, -0.2) is 75.1 Å². The summed E-state index contributed by atoms with van der Waals surface area (Å²) in [6.45, 7) is 2.13. The Hall–Kier alpha value is -3.86. The van der Waals surface area contributed by atoms with E-state index >= 15 is 0 Å². The first-order chi connectivity index (χ1) is 21.1. The van der Waals surface area contributed by atoms with E-state index in [2.05, 4.69) is 10.6 Å². The van der Waals surface area contributed by atoms with Gasteiger partial charge in [0, 0.05) is 32.6 Å². The lowest BCUT2D eigenvalue weighted by molar-refractivity contribution is -0.156. The number of hydrogen-bond donors (Lipinski definition) is 2. The van der Waals surface area contributed by atoms with Crippen LogP contribution in [0.5, 0.6) is 11.5 Å². The Morgan fingerprint density at radius 2 is 1.91 bits per heavy atom. The van der Waals surface area contributed by atoms with Gasteiger partial charge in [-0.15, -0.1) is 0 Å². The van der Waals surface area contributed by atoms with Crippen LogP contribution in [0.4, 0.5) is 4.39 Å². The van der Waals surface area contributed by atoms with E-state index in [0.717, 1.165) is 30.5 Å². The highest BCUT2D eigenvalue weighted by atomic mass is 35.5. The highest BCUT2D eigenvalue weighted by Gasteiger charge is 2.44. The summed E-state index contributed by atoms with van der Waals surface area (Å²) in [5.74, 6) is -0.995. The van der Waals surface area contributed by atoms with Gasteiger partial charge in [0.2, 0.25) is 5.91 Å². The van der Waals surface area contributed by atoms with Gasteiger partial charge in [-0.2, -0.15) is 0 Å². The van der Waals surface area contributed by atoms with Crippen molar-refractivity contribution in [3.8, 4) is 11.5 Å². The molecule has 0 saturated heterocycles. The molecule has 1 heterocycles. The minimum atomic E-state index is -1.01. The number of fused-ring (bicyclic) bond motifs is 2. The van der Waals surface area contributed by atoms with Crippen LogP contribution in [0.15, 0.2) is 36.4 Å². The highest BCUT2D eigenvalue weighted by Crippen LogP contribution is 2.43. The Kier molecular flexibility index (Phi) is 11.4. The highest BCUT2D eigenvalue weighted by molar-refractivity contribution is 6.33. The van der Waals surface area contributed by atoms with Crippen molar-refractivity contribution in [2.24, 2.45) is 11.3 Å². The fourth-order valence-electron chi connectivity index (χ4n) is 5.39. The second kappa shape index (κ2) is 15.2. The molecule has 1 aliphatic carbocycles. The maximum Gasteiger partial charge on any atom is 0.314 e. The molecule has 2 aliphatic rings. The van der Waals surface area contributed by atoms with Gasteiger partial charge < -0.3 is 29.7 Å². The molecule has 4 rings (SSSR count). The fraction of sp³-hybridized carbons (Fsp3) is 0.500. The minimum absolute atomic E-state index is 0.0354. The zero-order chi connectivity index (χ0) is 31.7. The van der Waals surface area contributed by atoms with Crippen molar-refractivity contribution in [3.05, 3.63) is 58.4 Å². The quantitative estimate of drug-likeness (QED) is 0.463. The number of ether oxygens (including phenoxy) is 3. The van der Waals surface area contributed by atoms with Gasteiger partial charge in [0.1, 0.15) is 5.82 Å². The molecule has 1 fully saturated rings. The molecule has 0 aromatic heterocycles. The normalized spacial score (nSPS) is 20.3. The van der Waals surface area contributed by atoms with Crippen LogP contribution >= 0.6 is 11.6 Å². The second-order valence-corrected chi connectivity index (χ2v) is 11.7. The number of benzene rings is 2. The van der Waals surface area contributed by atoms with Crippen LogP contribution < -0.4 is 20.1 Å². The molecular weight excluding hydrogens is 593 g/mol. The van der Waals surface area contributed by atoms with Crippen molar-refractivity contribution in [3.63, 3.8) is 0 Å². The Labute approximate surface area is 261 Å². The molecule has 2 N–H and O–H groups in total. The summed E-state index contributed by atoms with van der Waals surface area (Å²) in [5, 5.41) is 5.66. The predicted octanol–water partition coefficient (Wildman–Crippen LogP) is 3.93. The van der Waals surface area contributed by atoms with Gasteiger partial charge in [-0.1, -0.05) is 30.5 Å². The molecule has 1 aliphatic heterocycles. The van der Waals surface area contributed by atoms with Crippen LogP contribution in [0.1, 0.15) is 54.9 Å². The molecule has 0 spiro atoms. The van der Waals surface area contributed by atoms with E-state index in [4.69, 9.17) is 25.8 Å². The first kappa shape index (κ1) is 33.0. The van der Waals surface area contributed by atoms with Crippen molar-refractivity contribution in [2.45, 2.75) is 45.4 Å². The lowest BCUT2D eigenvalue weighted by Crippen LogP contribution is -2.46. The van der Waals surface area contributed by atoms with Gasteiger partial charge in [0.15, 0.2) is 18.1 Å². The van der Waals surface area contributed by atoms with Crippen molar-refractivity contribution < 1.29 is 37.8 Å². The topological polar surface area (TPSA) is 123 Å². The summed E-state index contributed by atoms with van der Waals surface area (Å²) < 4.78 is 30.4. The molecular formula is C32H39ClFN3O7. The van der Waals surface area contributed by atoms with Gasteiger partial charge in [-0.05, 0) is 68.0 Å². The smallest absolute Gasteiger partial charge is 0.314 e. The zero-order valence-electron chi connectivity index (χ0n) is 25.1. The third-order valence-electron chi connectivity index (χ3n) is 7.82. The average Bonchev–Trinajstić information content (AvgIpc) is 3.81. The number of methoxy groups -OCH3 is 1. The number of amides is 3. The third kappa shape index (κ3) is 8.84. The Balaban J connectivity index is 1.61. The number of esters is 1. The van der Waals surface area contributed by atoms with Crippen molar-refractivity contribution in [1.29, 1.82) is 0 Å². The molecule has 0 radical (unpaired) electrons. The maximum atomic E-state index is 13.6. The summed E-state index contributed by atoms with van der Waals surface area (Å²) >= 11 is 6.15. The van der Waals surface area contributed by atoms with E-state index < -0.39 is 23.0 Å². The van der Waals surface area contributed by atoms with Crippen LogP contribution in [-0.2, 0) is 25.5 Å². The lowest BCUT2D eigenvalue weighted by Gasteiger charge is -2.32. The monoisotopic (exact) mass is 631 g/mol. The SMILES string of the molecule is CCOC(=O)C1(CC2CC2)CNC(=O)CCCN(C(=O)c2ccc(F)cc2Cl)CCNC(=O)COc2cc(ccc2OC)C1. The molecule has 238 valence electrons. The van der Waals surface area contributed by atoms with E-state index in [1.54, 1.807) is 19.1 Å². The van der Waals surface area contributed by atoms with Gasteiger partial charge in [-0.3, -0.25) is 19.2 Å². The van der Waals surface area contributed by atoms with E-state index in [0.29, 0.717) is 30.3 Å². The number of nitrogens with zero attached hydrogens (tertiary/aromatic N) is 1. The van der Waals surface area contributed by atoms with Gasteiger partial charge in [0.25, 0.3) is 11.8 Å². The van der Waals surface area contributed by atoms with Crippen LogP contribution in [0.3, 0.4) is 0 Å². The second-order valence-electron chi connectivity index (χ2n) is 11.2. The molecule has 3 amide bonds. The van der Waals surface area contributed by atoms with E-state index in [9.17, 15) is 23.6 Å². The average molecular weight is 632 g/mol. The van der Waals surface area contributed by atoms with E-state index in [1.165, 1.54) is 18.1 Å². The largest absolute Gasteiger partial charge is 0.493 e. The number of carbonyl (C=O) groups is 4. The van der Waals surface area contributed by atoms with Crippen molar-refractivity contribution in [2.75, 3.05) is 46.5 Å². The summed E-state index contributed by atoms with van der Waals surface area (Å²) in [7, 11) is 1.49. The number of halogens is 2. The molecule has 10 nitrogen and oxygen atoms in total. The third-order valence-corrected chi connectivity index (χ3v) is 8.14. The summed E-state index contributed by atoms with van der Waals surface area (Å²) in [4.78, 5) is 54.1. The molecule has 2 aromatic rings. The number of hydrogen-bond acceptors (Lipinski definition) is 7. The first-order valence-electron chi connectivity index (χ1n) is 14.9. The molecule has 2 bridgehead atoms. The van der Waals surface area contributed by atoms with Crippen molar-refractivity contribution in [1.82, 2.24) is 15.5 Å². The molecule has 12 heteroatoms. The van der Waals surface area contributed by atoms with E-state index in [1.807, 2.05) is 6.07 Å². The lowest BCUT2D eigenvalue weighted by atomic mass is 9.76. The summed E-state index contributed by atoms with van der Waals surface area (Å²) in [6, 6.07) is 8.81. The van der Waals surface area contributed by atoms with Gasteiger partial charge >= 0.3 is 5.97 Å². The Morgan fingerprint density at radius 1 is 1.11 bits per heavy atom. The fourth-order valence-corrected chi connectivity index (χ4v) is 5.64. The number of nitrogens with one attached hydrogen (secondary N) is 2. The first-order valence-corrected chi connectivity index (χ1v) is 15.3. The molecule has 1 saturated carbocycles. The van der Waals surface area contributed by atoms with E-state index in [-0.39, 0.29) is 74.7 Å². The number of rotatable bonds is 6. The molecule has 1 unspecified atom stereocenters. The number of carbonyl (C=O) groups excluding carboxylic acids is 4. The van der Waals surface area contributed by atoms with Gasteiger partial charge in [0.05, 0.1) is 29.7 Å². The maximum absolute atomic E-state index is 13.6. The molecule has 1 atom stereocenters. The van der Waals surface area contributed by atoms with Crippen LogP contribution in [0.2, 0.25) is 5.02 Å². The molecule has 44 heavy (non-hydrogen) atoms. The van der Waals surface area contributed by atoms with Gasteiger partial charge in [-0.25, -0.2) is 4.39 Å². The minimum Gasteiger partial charge on any atom is -0.493 e. The Bertz CT molecular complexity index is 1370.